The third-order valence-electron chi connectivity index (χ3n) is 4.35. The van der Waals surface area contributed by atoms with Crippen LogP contribution in [-0.2, 0) is 16.1 Å². The van der Waals surface area contributed by atoms with Gasteiger partial charge in [0.15, 0.2) is 0 Å². The number of piperidine rings is 1. The first kappa shape index (κ1) is 17.4. The van der Waals surface area contributed by atoms with Gasteiger partial charge < -0.3 is 10.2 Å². The molecule has 5 nitrogen and oxygen atoms in total. The fourth-order valence-corrected chi connectivity index (χ4v) is 2.84. The molecule has 1 fully saturated rings. The minimum Gasteiger partial charge on any atom is -0.359 e. The highest BCUT2D eigenvalue weighted by Crippen LogP contribution is 2.17. The van der Waals surface area contributed by atoms with E-state index in [-0.39, 0.29) is 30.1 Å². The van der Waals surface area contributed by atoms with Gasteiger partial charge in [-0.25, -0.2) is 4.39 Å². The summed E-state index contributed by atoms with van der Waals surface area (Å²) < 4.78 is 13.6. The molecule has 1 heterocycles. The topological polar surface area (TPSA) is 52.7 Å². The summed E-state index contributed by atoms with van der Waals surface area (Å²) in [5.41, 5.74) is 0.515. The van der Waals surface area contributed by atoms with E-state index in [0.717, 1.165) is 25.9 Å². The van der Waals surface area contributed by atoms with Crippen molar-refractivity contribution in [2.45, 2.75) is 19.4 Å². The van der Waals surface area contributed by atoms with Crippen molar-refractivity contribution in [1.29, 1.82) is 0 Å². The number of hydrogen-bond acceptors (Lipinski definition) is 3. The average Bonchev–Trinajstić information content (AvgIpc) is 2.56. The van der Waals surface area contributed by atoms with Crippen LogP contribution in [0.3, 0.4) is 0 Å². The summed E-state index contributed by atoms with van der Waals surface area (Å²) in [7, 11) is 3.34. The Morgan fingerprint density at radius 1 is 1.30 bits per heavy atom. The largest absolute Gasteiger partial charge is 0.359 e. The second-order valence-electron chi connectivity index (χ2n) is 6.01. The van der Waals surface area contributed by atoms with E-state index in [9.17, 15) is 14.0 Å². The van der Waals surface area contributed by atoms with Gasteiger partial charge in [-0.2, -0.15) is 0 Å². The number of halogens is 1. The number of nitrogens with zero attached hydrogens (tertiary/aromatic N) is 2. The molecular weight excluding hydrogens is 297 g/mol. The van der Waals surface area contributed by atoms with Gasteiger partial charge in [0.1, 0.15) is 5.82 Å². The predicted octanol–water partition coefficient (Wildman–Crippen LogP) is 1.24. The van der Waals surface area contributed by atoms with Crippen molar-refractivity contribution in [2.75, 3.05) is 33.7 Å². The van der Waals surface area contributed by atoms with E-state index in [1.807, 2.05) is 0 Å². The van der Waals surface area contributed by atoms with Crippen LogP contribution in [0, 0.1) is 11.7 Å². The quantitative estimate of drug-likeness (QED) is 0.888. The lowest BCUT2D eigenvalue weighted by molar-refractivity contribution is -0.132. The Balaban J connectivity index is 1.81. The van der Waals surface area contributed by atoms with E-state index < -0.39 is 0 Å². The van der Waals surface area contributed by atoms with Crippen LogP contribution in [0.15, 0.2) is 24.3 Å². The van der Waals surface area contributed by atoms with Crippen molar-refractivity contribution in [1.82, 2.24) is 15.1 Å². The second-order valence-corrected chi connectivity index (χ2v) is 6.01. The summed E-state index contributed by atoms with van der Waals surface area (Å²) in [6, 6.07) is 6.49. The molecule has 0 aromatic heterocycles. The molecule has 0 unspecified atom stereocenters. The molecule has 0 radical (unpaired) electrons. The Hall–Kier alpha value is -1.95. The fraction of sp³-hybridized carbons (Fsp3) is 0.529. The monoisotopic (exact) mass is 321 g/mol. The number of likely N-dealkylation sites (tertiary alicyclic amines) is 1. The molecule has 1 aromatic carbocycles. The number of benzene rings is 1. The maximum Gasteiger partial charge on any atom is 0.236 e. The summed E-state index contributed by atoms with van der Waals surface area (Å²) in [5, 5.41) is 2.67. The van der Waals surface area contributed by atoms with Crippen molar-refractivity contribution in [3.8, 4) is 0 Å². The highest BCUT2D eigenvalue weighted by Gasteiger charge is 2.25. The van der Waals surface area contributed by atoms with Gasteiger partial charge >= 0.3 is 0 Å². The van der Waals surface area contributed by atoms with Crippen LogP contribution in [0.5, 0.6) is 0 Å². The van der Waals surface area contributed by atoms with Gasteiger partial charge in [-0.1, -0.05) is 18.2 Å². The number of rotatable bonds is 5. The lowest BCUT2D eigenvalue weighted by Crippen LogP contribution is -2.44. The molecule has 0 atom stereocenters. The Kier molecular flexibility index (Phi) is 6.10. The fourth-order valence-electron chi connectivity index (χ4n) is 2.84. The van der Waals surface area contributed by atoms with Gasteiger partial charge in [-0.15, -0.1) is 0 Å². The van der Waals surface area contributed by atoms with Gasteiger partial charge in [0.05, 0.1) is 6.54 Å². The maximum absolute atomic E-state index is 13.6. The maximum atomic E-state index is 13.6. The van der Waals surface area contributed by atoms with Crippen LogP contribution >= 0.6 is 0 Å². The molecule has 0 aliphatic carbocycles. The first-order valence-electron chi connectivity index (χ1n) is 7.92. The molecule has 0 bridgehead atoms. The van der Waals surface area contributed by atoms with E-state index in [4.69, 9.17) is 0 Å². The summed E-state index contributed by atoms with van der Waals surface area (Å²) in [5.74, 6) is -0.208. The average molecular weight is 321 g/mol. The van der Waals surface area contributed by atoms with Crippen molar-refractivity contribution in [2.24, 2.45) is 5.92 Å². The first-order chi connectivity index (χ1) is 11.0. The zero-order chi connectivity index (χ0) is 16.8. The Bertz CT molecular complexity index is 557. The molecule has 6 heteroatoms. The van der Waals surface area contributed by atoms with Crippen LogP contribution in [0.4, 0.5) is 4.39 Å². The number of carbonyl (C=O) groups excluding carboxylic acids is 2. The Labute approximate surface area is 136 Å². The molecule has 2 amide bonds. The lowest BCUT2D eigenvalue weighted by Gasteiger charge is -2.31. The van der Waals surface area contributed by atoms with E-state index in [0.29, 0.717) is 12.1 Å². The van der Waals surface area contributed by atoms with Crippen LogP contribution in [0.25, 0.3) is 0 Å². The minimum absolute atomic E-state index is 0.0355. The first-order valence-corrected chi connectivity index (χ1v) is 7.92. The van der Waals surface area contributed by atoms with E-state index in [1.165, 1.54) is 6.07 Å². The zero-order valence-electron chi connectivity index (χ0n) is 13.7. The summed E-state index contributed by atoms with van der Waals surface area (Å²) >= 11 is 0. The SMILES string of the molecule is CNC(=O)C1CCN(CC(=O)N(C)Cc2ccccc2F)CC1. The van der Waals surface area contributed by atoms with Gasteiger partial charge in [0.25, 0.3) is 0 Å². The van der Waals surface area contributed by atoms with Gasteiger partial charge in [0.2, 0.25) is 11.8 Å². The summed E-state index contributed by atoms with van der Waals surface area (Å²) in [4.78, 5) is 27.5. The zero-order valence-corrected chi connectivity index (χ0v) is 13.7. The molecule has 23 heavy (non-hydrogen) atoms. The smallest absolute Gasteiger partial charge is 0.236 e. The van der Waals surface area contributed by atoms with E-state index >= 15 is 0 Å². The summed E-state index contributed by atoms with van der Waals surface area (Å²) in [6.45, 7) is 2.04. The van der Waals surface area contributed by atoms with Crippen molar-refractivity contribution in [3.05, 3.63) is 35.6 Å². The molecule has 126 valence electrons. The van der Waals surface area contributed by atoms with Crippen LogP contribution < -0.4 is 5.32 Å². The molecule has 1 aliphatic heterocycles. The molecular formula is C17H24FN3O2. The van der Waals surface area contributed by atoms with Crippen molar-refractivity contribution < 1.29 is 14.0 Å². The molecule has 0 spiro atoms. The highest BCUT2D eigenvalue weighted by atomic mass is 19.1. The second kappa shape index (κ2) is 8.06. The van der Waals surface area contributed by atoms with Crippen LogP contribution in [0.2, 0.25) is 0 Å². The molecule has 1 saturated heterocycles. The molecule has 1 aliphatic rings. The van der Waals surface area contributed by atoms with E-state index in [1.54, 1.807) is 37.2 Å². The number of amides is 2. The van der Waals surface area contributed by atoms with Gasteiger partial charge in [-0.3, -0.25) is 14.5 Å². The standard InChI is InChI=1S/C17H24FN3O2/c1-19-17(23)13-7-9-21(10-8-13)12-16(22)20(2)11-14-5-3-4-6-15(14)18/h3-6,13H,7-12H2,1-2H3,(H,19,23). The van der Waals surface area contributed by atoms with Crippen LogP contribution in [0.1, 0.15) is 18.4 Å². The third-order valence-corrected chi connectivity index (χ3v) is 4.35. The molecule has 0 saturated carbocycles. The molecule has 2 rings (SSSR count). The lowest BCUT2D eigenvalue weighted by atomic mass is 9.96. The van der Waals surface area contributed by atoms with Crippen molar-refractivity contribution in [3.63, 3.8) is 0 Å². The predicted molar refractivity (Wildman–Crippen MR) is 86.1 cm³/mol. The normalized spacial score (nSPS) is 16.1. The van der Waals surface area contributed by atoms with Gasteiger partial charge in [-0.05, 0) is 32.0 Å². The van der Waals surface area contributed by atoms with E-state index in [2.05, 4.69) is 10.2 Å². The third kappa shape index (κ3) is 4.76. The van der Waals surface area contributed by atoms with Gasteiger partial charge in [0, 0.05) is 32.1 Å². The minimum atomic E-state index is -0.293. The number of carbonyl (C=O) groups is 2. The van der Waals surface area contributed by atoms with Crippen LogP contribution in [-0.4, -0.2) is 55.3 Å². The molecule has 1 aromatic rings. The number of likely N-dealkylation sites (N-methyl/N-ethyl adjacent to an activating group) is 1. The summed E-state index contributed by atoms with van der Waals surface area (Å²) in [6.07, 6.45) is 1.54. The Morgan fingerprint density at radius 2 is 1.96 bits per heavy atom. The number of hydrogen-bond donors (Lipinski definition) is 1. The Morgan fingerprint density at radius 3 is 2.57 bits per heavy atom. The van der Waals surface area contributed by atoms with Crippen molar-refractivity contribution >= 4 is 11.8 Å². The highest BCUT2D eigenvalue weighted by molar-refractivity contribution is 5.79. The number of nitrogens with one attached hydrogen (secondary N) is 1. The molecule has 1 N–H and O–H groups in total.